The van der Waals surface area contributed by atoms with Crippen LogP contribution in [-0.4, -0.2) is 33.1 Å². The molecule has 24 heavy (non-hydrogen) atoms. The molecule has 0 fully saturated rings. The van der Waals surface area contributed by atoms with Crippen LogP contribution in [0.5, 0.6) is 0 Å². The second-order valence-electron chi connectivity index (χ2n) is 5.52. The zero-order chi connectivity index (χ0) is 17.9. The lowest BCUT2D eigenvalue weighted by Crippen LogP contribution is -2.33. The number of aromatic nitrogens is 2. The highest BCUT2D eigenvalue weighted by Gasteiger charge is 2.37. The third-order valence-corrected chi connectivity index (χ3v) is 3.38. The summed E-state index contributed by atoms with van der Waals surface area (Å²) in [6.45, 7) is 1.15. The van der Waals surface area contributed by atoms with E-state index in [1.54, 1.807) is 19.1 Å². The van der Waals surface area contributed by atoms with Crippen molar-refractivity contribution in [2.75, 3.05) is 6.54 Å². The summed E-state index contributed by atoms with van der Waals surface area (Å²) in [6.07, 6.45) is -4.82. The van der Waals surface area contributed by atoms with E-state index in [9.17, 15) is 22.8 Å². The van der Waals surface area contributed by atoms with Crippen molar-refractivity contribution in [2.24, 2.45) is 5.92 Å². The number of para-hydroxylation sites is 2. The highest BCUT2D eigenvalue weighted by molar-refractivity contribution is 5.81. The van der Waals surface area contributed by atoms with Gasteiger partial charge in [0.1, 0.15) is 6.54 Å². The number of benzene rings is 1. The number of carbonyl (C=O) groups is 2. The van der Waals surface area contributed by atoms with Crippen LogP contribution in [0.25, 0.3) is 11.0 Å². The average Bonchev–Trinajstić information content (AvgIpc) is 2.84. The number of amides is 1. The molecule has 130 valence electrons. The molecule has 9 heteroatoms. The molecule has 1 atom stereocenters. The Labute approximate surface area is 135 Å². The SMILES string of the molecule is CC(CNC(=O)Cn1c(C(F)(F)F)nc2ccccc21)CC(=O)O. The monoisotopic (exact) mass is 343 g/mol. The van der Waals surface area contributed by atoms with Crippen molar-refractivity contribution in [3.05, 3.63) is 30.1 Å². The predicted molar refractivity (Wildman–Crippen MR) is 79.2 cm³/mol. The molecule has 1 amide bonds. The highest BCUT2D eigenvalue weighted by atomic mass is 19.4. The smallest absolute Gasteiger partial charge is 0.449 e. The molecular formula is C15H16F3N3O3. The van der Waals surface area contributed by atoms with Crippen molar-refractivity contribution in [1.29, 1.82) is 0 Å². The van der Waals surface area contributed by atoms with Gasteiger partial charge in [0, 0.05) is 13.0 Å². The van der Waals surface area contributed by atoms with E-state index in [0.29, 0.717) is 0 Å². The van der Waals surface area contributed by atoms with Crippen LogP contribution in [0.2, 0.25) is 0 Å². The van der Waals surface area contributed by atoms with Gasteiger partial charge in [-0.15, -0.1) is 0 Å². The molecule has 2 aromatic rings. The van der Waals surface area contributed by atoms with Crippen LogP contribution in [0, 0.1) is 5.92 Å². The normalized spacial score (nSPS) is 13.0. The minimum absolute atomic E-state index is 0.0686. The number of carbonyl (C=O) groups excluding carboxylic acids is 1. The van der Waals surface area contributed by atoms with Crippen LogP contribution >= 0.6 is 0 Å². The van der Waals surface area contributed by atoms with E-state index in [4.69, 9.17) is 5.11 Å². The van der Waals surface area contributed by atoms with Crippen molar-refractivity contribution in [3.63, 3.8) is 0 Å². The second kappa shape index (κ2) is 6.90. The van der Waals surface area contributed by atoms with Crippen molar-refractivity contribution in [1.82, 2.24) is 14.9 Å². The Morgan fingerprint density at radius 2 is 2.00 bits per heavy atom. The number of aliphatic carboxylic acids is 1. The standard InChI is InChI=1S/C15H16F3N3O3/c1-9(6-13(23)24)7-19-12(22)8-21-11-5-3-2-4-10(11)20-14(21)15(16,17)18/h2-5,9H,6-8H2,1H3,(H,19,22)(H,23,24). The van der Waals surface area contributed by atoms with Crippen molar-refractivity contribution < 1.29 is 27.9 Å². The van der Waals surface area contributed by atoms with E-state index in [1.165, 1.54) is 12.1 Å². The summed E-state index contributed by atoms with van der Waals surface area (Å²) in [6, 6.07) is 6.02. The van der Waals surface area contributed by atoms with E-state index >= 15 is 0 Å². The lowest BCUT2D eigenvalue weighted by molar-refractivity contribution is -0.147. The number of alkyl halides is 3. The molecular weight excluding hydrogens is 327 g/mol. The summed E-state index contributed by atoms with van der Waals surface area (Å²) in [4.78, 5) is 26.1. The summed E-state index contributed by atoms with van der Waals surface area (Å²) in [5, 5.41) is 11.1. The van der Waals surface area contributed by atoms with Gasteiger partial charge < -0.3 is 15.0 Å². The Balaban J connectivity index is 2.16. The Bertz CT molecular complexity index is 755. The molecule has 1 aromatic heterocycles. The maximum Gasteiger partial charge on any atom is 0.449 e. The summed E-state index contributed by atoms with van der Waals surface area (Å²) in [7, 11) is 0. The lowest BCUT2D eigenvalue weighted by Gasteiger charge is -2.13. The minimum atomic E-state index is -4.68. The molecule has 1 aromatic carbocycles. The third kappa shape index (κ3) is 4.24. The Kier molecular flexibility index (Phi) is 5.10. The molecule has 1 heterocycles. The van der Waals surface area contributed by atoms with Gasteiger partial charge in [0.15, 0.2) is 0 Å². The molecule has 0 aliphatic carbocycles. The van der Waals surface area contributed by atoms with Gasteiger partial charge in [0.2, 0.25) is 11.7 Å². The zero-order valence-electron chi connectivity index (χ0n) is 12.8. The van der Waals surface area contributed by atoms with Gasteiger partial charge in [-0.2, -0.15) is 13.2 Å². The van der Waals surface area contributed by atoms with Gasteiger partial charge >= 0.3 is 12.1 Å². The second-order valence-corrected chi connectivity index (χ2v) is 5.52. The number of fused-ring (bicyclic) bond motifs is 1. The van der Waals surface area contributed by atoms with Gasteiger partial charge in [-0.25, -0.2) is 4.98 Å². The fourth-order valence-corrected chi connectivity index (χ4v) is 2.31. The largest absolute Gasteiger partial charge is 0.481 e. The molecule has 0 spiro atoms. The Morgan fingerprint density at radius 3 is 2.62 bits per heavy atom. The van der Waals surface area contributed by atoms with Crippen molar-refractivity contribution in [3.8, 4) is 0 Å². The maximum absolute atomic E-state index is 13.1. The van der Waals surface area contributed by atoms with Crippen molar-refractivity contribution in [2.45, 2.75) is 26.1 Å². The topological polar surface area (TPSA) is 84.2 Å². The third-order valence-electron chi connectivity index (χ3n) is 3.38. The van der Waals surface area contributed by atoms with E-state index < -0.39 is 30.4 Å². The first-order chi connectivity index (χ1) is 11.2. The van der Waals surface area contributed by atoms with E-state index in [0.717, 1.165) is 4.57 Å². The zero-order valence-corrected chi connectivity index (χ0v) is 12.8. The van der Waals surface area contributed by atoms with Crippen LogP contribution < -0.4 is 5.32 Å². The molecule has 0 aliphatic rings. The van der Waals surface area contributed by atoms with Crippen LogP contribution in [0.1, 0.15) is 19.2 Å². The first kappa shape index (κ1) is 17.8. The number of hydrogen-bond acceptors (Lipinski definition) is 3. The van der Waals surface area contributed by atoms with Gasteiger partial charge in [-0.3, -0.25) is 9.59 Å². The number of carboxylic acid groups (broad SMARTS) is 1. The van der Waals surface area contributed by atoms with E-state index in [-0.39, 0.29) is 29.9 Å². The van der Waals surface area contributed by atoms with Crippen molar-refractivity contribution >= 4 is 22.9 Å². The maximum atomic E-state index is 13.1. The number of nitrogens with zero attached hydrogens (tertiary/aromatic N) is 2. The van der Waals surface area contributed by atoms with Crippen LogP contribution in [-0.2, 0) is 22.3 Å². The molecule has 0 bridgehead atoms. The number of carboxylic acids is 1. The van der Waals surface area contributed by atoms with Gasteiger partial charge in [-0.1, -0.05) is 19.1 Å². The predicted octanol–water partition coefficient (Wildman–Crippen LogP) is 2.28. The summed E-state index contributed by atoms with van der Waals surface area (Å²) in [5.41, 5.74) is 0.357. The average molecular weight is 343 g/mol. The van der Waals surface area contributed by atoms with Gasteiger partial charge in [0.25, 0.3) is 0 Å². The number of imidazole rings is 1. The Morgan fingerprint density at radius 1 is 1.33 bits per heavy atom. The van der Waals surface area contributed by atoms with Gasteiger partial charge in [0.05, 0.1) is 11.0 Å². The molecule has 2 N–H and O–H groups in total. The molecule has 0 saturated carbocycles. The summed E-state index contributed by atoms with van der Waals surface area (Å²) in [5.74, 6) is -3.11. The van der Waals surface area contributed by atoms with Crippen LogP contribution in [0.4, 0.5) is 13.2 Å². The first-order valence-corrected chi connectivity index (χ1v) is 7.19. The van der Waals surface area contributed by atoms with Crippen LogP contribution in [0.3, 0.4) is 0 Å². The molecule has 6 nitrogen and oxygen atoms in total. The summed E-state index contributed by atoms with van der Waals surface area (Å²) >= 11 is 0. The van der Waals surface area contributed by atoms with Gasteiger partial charge in [-0.05, 0) is 18.1 Å². The lowest BCUT2D eigenvalue weighted by atomic mass is 10.1. The number of rotatable bonds is 6. The minimum Gasteiger partial charge on any atom is -0.481 e. The molecule has 2 rings (SSSR count). The van der Waals surface area contributed by atoms with Crippen LogP contribution in [0.15, 0.2) is 24.3 Å². The number of nitrogens with one attached hydrogen (secondary N) is 1. The van der Waals surface area contributed by atoms with E-state index in [2.05, 4.69) is 10.3 Å². The molecule has 0 saturated heterocycles. The Hall–Kier alpha value is -2.58. The molecule has 1 unspecified atom stereocenters. The molecule has 0 radical (unpaired) electrons. The highest BCUT2D eigenvalue weighted by Crippen LogP contribution is 2.31. The number of halogens is 3. The summed E-state index contributed by atoms with van der Waals surface area (Å²) < 4.78 is 40.2. The molecule has 0 aliphatic heterocycles. The van der Waals surface area contributed by atoms with E-state index in [1.807, 2.05) is 0 Å². The quantitative estimate of drug-likeness (QED) is 0.843. The fourth-order valence-electron chi connectivity index (χ4n) is 2.31. The number of hydrogen-bond donors (Lipinski definition) is 2. The first-order valence-electron chi connectivity index (χ1n) is 7.19. The fraction of sp³-hybridized carbons (Fsp3) is 0.400.